The number of amides is 2. The second-order valence-electron chi connectivity index (χ2n) is 7.04. The highest BCUT2D eigenvalue weighted by Gasteiger charge is 2.32. The molecule has 2 amide bonds. The van der Waals surface area contributed by atoms with Crippen LogP contribution in [0.15, 0.2) is 24.3 Å². The SMILES string of the molecule is C[C@H](Cc1ccccc1F)C(=O)N1CCC[C@H](N2CCNCC2=O)C1. The number of carbonyl (C=O) groups is 2. The molecule has 3 rings (SSSR count). The maximum Gasteiger partial charge on any atom is 0.236 e. The largest absolute Gasteiger partial charge is 0.340 e. The Morgan fingerprint density at radius 3 is 2.92 bits per heavy atom. The molecule has 1 aromatic rings. The van der Waals surface area contributed by atoms with Crippen molar-refractivity contribution in [2.75, 3.05) is 32.7 Å². The highest BCUT2D eigenvalue weighted by atomic mass is 19.1. The fraction of sp³-hybridized carbons (Fsp3) is 0.579. The smallest absolute Gasteiger partial charge is 0.236 e. The molecule has 0 radical (unpaired) electrons. The second-order valence-corrected chi connectivity index (χ2v) is 7.04. The molecule has 6 heteroatoms. The number of nitrogens with one attached hydrogen (secondary N) is 1. The van der Waals surface area contributed by atoms with Crippen LogP contribution in [0.3, 0.4) is 0 Å². The molecule has 2 fully saturated rings. The van der Waals surface area contributed by atoms with Crippen LogP contribution >= 0.6 is 0 Å². The van der Waals surface area contributed by atoms with E-state index in [1.807, 2.05) is 16.7 Å². The van der Waals surface area contributed by atoms with Gasteiger partial charge in [-0.2, -0.15) is 0 Å². The van der Waals surface area contributed by atoms with Crippen molar-refractivity contribution in [3.05, 3.63) is 35.6 Å². The van der Waals surface area contributed by atoms with Gasteiger partial charge in [0.1, 0.15) is 5.82 Å². The van der Waals surface area contributed by atoms with Gasteiger partial charge < -0.3 is 15.1 Å². The van der Waals surface area contributed by atoms with E-state index >= 15 is 0 Å². The topological polar surface area (TPSA) is 52.7 Å². The van der Waals surface area contributed by atoms with Crippen LogP contribution in [0.1, 0.15) is 25.3 Å². The van der Waals surface area contributed by atoms with Crippen molar-refractivity contribution in [2.24, 2.45) is 5.92 Å². The minimum Gasteiger partial charge on any atom is -0.340 e. The van der Waals surface area contributed by atoms with E-state index in [9.17, 15) is 14.0 Å². The number of halogens is 1. The zero-order valence-electron chi connectivity index (χ0n) is 14.7. The Kier molecular flexibility index (Phi) is 5.68. The second kappa shape index (κ2) is 7.95. The first kappa shape index (κ1) is 17.9. The molecule has 0 unspecified atom stereocenters. The predicted molar refractivity (Wildman–Crippen MR) is 93.5 cm³/mol. The Bertz CT molecular complexity index is 637. The molecule has 1 N–H and O–H groups in total. The average molecular weight is 347 g/mol. The molecule has 2 aliphatic heterocycles. The minimum atomic E-state index is -0.269. The Balaban J connectivity index is 1.61. The number of rotatable bonds is 4. The van der Waals surface area contributed by atoms with E-state index in [-0.39, 0.29) is 29.6 Å². The Morgan fingerprint density at radius 1 is 1.36 bits per heavy atom. The van der Waals surface area contributed by atoms with E-state index in [0.29, 0.717) is 31.6 Å². The van der Waals surface area contributed by atoms with Gasteiger partial charge in [-0.1, -0.05) is 25.1 Å². The molecule has 2 atom stereocenters. The molecule has 0 aromatic heterocycles. The summed E-state index contributed by atoms with van der Waals surface area (Å²) in [7, 11) is 0. The lowest BCUT2D eigenvalue weighted by atomic mass is 9.96. The van der Waals surface area contributed by atoms with E-state index in [1.165, 1.54) is 6.07 Å². The van der Waals surface area contributed by atoms with Crippen molar-refractivity contribution in [1.29, 1.82) is 0 Å². The number of piperidine rings is 1. The maximum atomic E-state index is 13.8. The zero-order chi connectivity index (χ0) is 17.8. The van der Waals surface area contributed by atoms with Gasteiger partial charge >= 0.3 is 0 Å². The van der Waals surface area contributed by atoms with Gasteiger partial charge in [-0.05, 0) is 30.9 Å². The summed E-state index contributed by atoms with van der Waals surface area (Å²) in [5.41, 5.74) is 0.578. The third kappa shape index (κ3) is 4.18. The Labute approximate surface area is 148 Å². The van der Waals surface area contributed by atoms with Gasteiger partial charge in [0.05, 0.1) is 6.54 Å². The van der Waals surface area contributed by atoms with E-state index < -0.39 is 0 Å². The van der Waals surface area contributed by atoms with Crippen LogP contribution in [-0.2, 0) is 16.0 Å². The van der Waals surface area contributed by atoms with Gasteiger partial charge in [0.15, 0.2) is 0 Å². The van der Waals surface area contributed by atoms with Crippen molar-refractivity contribution >= 4 is 11.8 Å². The molecule has 0 saturated carbocycles. The lowest BCUT2D eigenvalue weighted by Crippen LogP contribution is -2.58. The summed E-state index contributed by atoms with van der Waals surface area (Å²) in [5, 5.41) is 3.08. The summed E-state index contributed by atoms with van der Waals surface area (Å²) < 4.78 is 13.8. The monoisotopic (exact) mass is 347 g/mol. The summed E-state index contributed by atoms with van der Waals surface area (Å²) in [6.07, 6.45) is 2.25. The standard InChI is InChI=1S/C19H26FN3O2/c1-14(11-15-5-2-3-7-17(15)20)19(25)22-9-4-6-16(13-22)23-10-8-21-12-18(23)24/h2-3,5,7,14,16,21H,4,6,8-13H2,1H3/t14-,16+/m1/s1. The van der Waals surface area contributed by atoms with Crippen LogP contribution in [-0.4, -0.2) is 60.4 Å². The van der Waals surface area contributed by atoms with Gasteiger partial charge in [0, 0.05) is 38.1 Å². The molecule has 5 nitrogen and oxygen atoms in total. The van der Waals surface area contributed by atoms with Crippen LogP contribution in [0, 0.1) is 11.7 Å². The van der Waals surface area contributed by atoms with Crippen LogP contribution in [0.4, 0.5) is 4.39 Å². The van der Waals surface area contributed by atoms with E-state index in [1.54, 1.807) is 18.2 Å². The number of hydrogen-bond acceptors (Lipinski definition) is 3. The molecule has 2 aliphatic rings. The molecule has 0 aliphatic carbocycles. The van der Waals surface area contributed by atoms with E-state index in [0.717, 1.165) is 25.9 Å². The normalized spacial score (nSPS) is 22.8. The summed E-state index contributed by atoms with van der Waals surface area (Å²) in [5.74, 6) is -0.361. The van der Waals surface area contributed by atoms with Gasteiger partial charge in [-0.3, -0.25) is 9.59 Å². The van der Waals surface area contributed by atoms with E-state index in [4.69, 9.17) is 0 Å². The summed E-state index contributed by atoms with van der Waals surface area (Å²) in [6.45, 7) is 5.06. The predicted octanol–water partition coefficient (Wildman–Crippen LogP) is 1.43. The van der Waals surface area contributed by atoms with Gasteiger partial charge in [0.2, 0.25) is 11.8 Å². The molecule has 2 saturated heterocycles. The third-order valence-corrected chi connectivity index (χ3v) is 5.18. The molecule has 0 bridgehead atoms. The van der Waals surface area contributed by atoms with Gasteiger partial charge in [-0.15, -0.1) is 0 Å². The fourth-order valence-electron chi connectivity index (χ4n) is 3.81. The maximum absolute atomic E-state index is 13.8. The molecule has 25 heavy (non-hydrogen) atoms. The highest BCUT2D eigenvalue weighted by Crippen LogP contribution is 2.21. The van der Waals surface area contributed by atoms with Crippen LogP contribution in [0.25, 0.3) is 0 Å². The quantitative estimate of drug-likeness (QED) is 0.896. The van der Waals surface area contributed by atoms with Gasteiger partial charge in [0.25, 0.3) is 0 Å². The summed E-state index contributed by atoms with van der Waals surface area (Å²) >= 11 is 0. The summed E-state index contributed by atoms with van der Waals surface area (Å²) in [6, 6.07) is 6.72. The number of carbonyl (C=O) groups excluding carboxylic acids is 2. The first-order valence-electron chi connectivity index (χ1n) is 9.08. The average Bonchev–Trinajstić information content (AvgIpc) is 2.63. The van der Waals surface area contributed by atoms with Gasteiger partial charge in [-0.25, -0.2) is 4.39 Å². The Hall–Kier alpha value is -1.95. The van der Waals surface area contributed by atoms with Crippen LogP contribution in [0.5, 0.6) is 0 Å². The van der Waals surface area contributed by atoms with Crippen molar-refractivity contribution in [3.63, 3.8) is 0 Å². The van der Waals surface area contributed by atoms with Crippen molar-refractivity contribution in [2.45, 2.75) is 32.2 Å². The van der Waals surface area contributed by atoms with Crippen molar-refractivity contribution in [3.8, 4) is 0 Å². The van der Waals surface area contributed by atoms with Crippen molar-refractivity contribution in [1.82, 2.24) is 15.1 Å². The highest BCUT2D eigenvalue weighted by molar-refractivity contribution is 5.80. The lowest BCUT2D eigenvalue weighted by Gasteiger charge is -2.41. The molecule has 2 heterocycles. The first-order valence-corrected chi connectivity index (χ1v) is 9.08. The number of nitrogens with zero attached hydrogens (tertiary/aromatic N) is 2. The number of benzene rings is 1. The molecule has 0 spiro atoms. The zero-order valence-corrected chi connectivity index (χ0v) is 14.7. The first-order chi connectivity index (χ1) is 12.1. The number of likely N-dealkylation sites (tertiary alicyclic amines) is 1. The lowest BCUT2D eigenvalue weighted by molar-refractivity contribution is -0.142. The van der Waals surface area contributed by atoms with Crippen LogP contribution < -0.4 is 5.32 Å². The molecule has 1 aromatic carbocycles. The molecular weight excluding hydrogens is 321 g/mol. The van der Waals surface area contributed by atoms with Crippen LogP contribution in [0.2, 0.25) is 0 Å². The molecular formula is C19H26FN3O2. The van der Waals surface area contributed by atoms with Crippen molar-refractivity contribution < 1.29 is 14.0 Å². The number of hydrogen-bond donors (Lipinski definition) is 1. The minimum absolute atomic E-state index is 0.0514. The Morgan fingerprint density at radius 2 is 2.16 bits per heavy atom. The number of piperazine rings is 1. The molecule has 136 valence electrons. The third-order valence-electron chi connectivity index (χ3n) is 5.18. The summed E-state index contributed by atoms with van der Waals surface area (Å²) in [4.78, 5) is 28.7. The fourth-order valence-corrected chi connectivity index (χ4v) is 3.81. The van der Waals surface area contributed by atoms with E-state index in [2.05, 4.69) is 5.32 Å².